The first-order valence-corrected chi connectivity index (χ1v) is 12.3. The number of fused-ring (bicyclic) bond motifs is 1. The van der Waals surface area contributed by atoms with Crippen LogP contribution in [0.15, 0.2) is 45.6 Å². The van der Waals surface area contributed by atoms with E-state index in [0.717, 1.165) is 58.4 Å². The summed E-state index contributed by atoms with van der Waals surface area (Å²) in [6.45, 7) is 4.84. The van der Waals surface area contributed by atoms with Gasteiger partial charge < -0.3 is 35.7 Å². The van der Waals surface area contributed by atoms with Crippen LogP contribution in [0.25, 0.3) is 22.3 Å². The number of hydrogen-bond acceptors (Lipinski definition) is 8. The average molecular weight is 593 g/mol. The molecule has 3 aromatic rings. The second-order valence-electron chi connectivity index (χ2n) is 8.61. The number of phenolic OH excluding ortho intramolecular Hbond substituents is 1. The second kappa shape index (κ2) is 19.0. The molecular formula is C27H40Cl3N3O5. The summed E-state index contributed by atoms with van der Waals surface area (Å²) in [4.78, 5) is 12.6. The third-order valence-electron chi connectivity index (χ3n) is 5.97. The average Bonchev–Trinajstić information content (AvgIpc) is 2.87. The molecule has 6 N–H and O–H groups in total. The quantitative estimate of drug-likeness (QED) is 0.160. The Balaban J connectivity index is 0.00000456. The predicted octanol–water partition coefficient (Wildman–Crippen LogP) is 4.78. The Hall–Kier alpha value is -2.20. The van der Waals surface area contributed by atoms with E-state index < -0.39 is 11.2 Å². The molecule has 0 aliphatic heterocycles. The van der Waals surface area contributed by atoms with Crippen LogP contribution in [0.1, 0.15) is 37.7 Å². The number of aromatic hydroxyl groups is 2. The van der Waals surface area contributed by atoms with Gasteiger partial charge in [-0.25, -0.2) is 0 Å². The highest BCUT2D eigenvalue weighted by Gasteiger charge is 2.19. The molecule has 1 heterocycles. The van der Waals surface area contributed by atoms with Crippen molar-refractivity contribution in [3.8, 4) is 28.6 Å². The molecule has 0 spiro atoms. The largest absolute Gasteiger partial charge is 0.504 e. The summed E-state index contributed by atoms with van der Waals surface area (Å²) in [5, 5.41) is 27.5. The lowest BCUT2D eigenvalue weighted by molar-refractivity contribution is 0.369. The van der Waals surface area contributed by atoms with Crippen molar-refractivity contribution < 1.29 is 19.4 Å². The fourth-order valence-electron chi connectivity index (χ4n) is 3.99. The Bertz CT molecular complexity index is 1140. The van der Waals surface area contributed by atoms with E-state index in [0.29, 0.717) is 5.56 Å². The fourth-order valence-corrected chi connectivity index (χ4v) is 3.99. The molecule has 38 heavy (non-hydrogen) atoms. The van der Waals surface area contributed by atoms with Gasteiger partial charge in [0.15, 0.2) is 17.1 Å². The Morgan fingerprint density at radius 2 is 1.42 bits per heavy atom. The van der Waals surface area contributed by atoms with E-state index in [9.17, 15) is 15.0 Å². The van der Waals surface area contributed by atoms with Crippen LogP contribution in [-0.2, 0) is 6.42 Å². The Kier molecular flexibility index (Phi) is 17.9. The number of rotatable bonds is 15. The van der Waals surface area contributed by atoms with Gasteiger partial charge in [-0.05, 0) is 88.9 Å². The van der Waals surface area contributed by atoms with Crippen LogP contribution in [0.4, 0.5) is 0 Å². The summed E-state index contributed by atoms with van der Waals surface area (Å²) in [6, 6.07) is 10.4. The number of nitrogens with one attached hydrogen (secondary N) is 2. The van der Waals surface area contributed by atoms with Crippen LogP contribution in [0.3, 0.4) is 0 Å². The number of aryl methyl sites for hydroxylation is 1. The van der Waals surface area contributed by atoms with Crippen LogP contribution < -0.4 is 26.5 Å². The van der Waals surface area contributed by atoms with E-state index in [1.54, 1.807) is 0 Å². The molecule has 0 unspecified atom stereocenters. The van der Waals surface area contributed by atoms with E-state index in [1.807, 2.05) is 24.3 Å². The summed E-state index contributed by atoms with van der Waals surface area (Å²) in [7, 11) is 1.38. The van der Waals surface area contributed by atoms with Gasteiger partial charge in [-0.2, -0.15) is 0 Å². The highest BCUT2D eigenvalue weighted by molar-refractivity contribution is 5.88. The minimum atomic E-state index is -0.570. The van der Waals surface area contributed by atoms with Crippen molar-refractivity contribution in [2.24, 2.45) is 5.73 Å². The van der Waals surface area contributed by atoms with Gasteiger partial charge in [0, 0.05) is 5.56 Å². The van der Waals surface area contributed by atoms with Crippen LogP contribution >= 0.6 is 37.2 Å². The lowest BCUT2D eigenvalue weighted by atomic mass is 10.0. The van der Waals surface area contributed by atoms with E-state index in [4.69, 9.17) is 14.9 Å². The van der Waals surface area contributed by atoms with Crippen LogP contribution in [-0.4, -0.2) is 50.0 Å². The van der Waals surface area contributed by atoms with Crippen LogP contribution in [0, 0.1) is 0 Å². The molecule has 0 radical (unpaired) electrons. The molecule has 0 bridgehead atoms. The second-order valence-corrected chi connectivity index (χ2v) is 8.61. The Labute approximate surface area is 242 Å². The van der Waals surface area contributed by atoms with Gasteiger partial charge >= 0.3 is 0 Å². The maximum atomic E-state index is 12.6. The fraction of sp³-hybridized carbons (Fsp3) is 0.444. The molecule has 2 aromatic carbocycles. The number of unbranched alkanes of at least 4 members (excludes halogenated alkanes) is 2. The number of halogens is 3. The van der Waals surface area contributed by atoms with Gasteiger partial charge in [0.05, 0.1) is 12.5 Å². The summed E-state index contributed by atoms with van der Waals surface area (Å²) in [5.74, 6) is -0.489. The zero-order valence-corrected chi connectivity index (χ0v) is 24.1. The number of methoxy groups -OCH3 is 1. The summed E-state index contributed by atoms with van der Waals surface area (Å²) in [5.41, 5.74) is 6.76. The molecular weight excluding hydrogens is 553 g/mol. The number of ether oxygens (including phenoxy) is 1. The van der Waals surface area contributed by atoms with Crippen molar-refractivity contribution in [2.45, 2.75) is 38.5 Å². The molecule has 1 aromatic heterocycles. The third-order valence-corrected chi connectivity index (χ3v) is 5.97. The molecule has 0 aliphatic carbocycles. The predicted molar refractivity (Wildman–Crippen MR) is 161 cm³/mol. The molecule has 0 atom stereocenters. The number of hydrogen-bond donors (Lipinski definition) is 5. The van der Waals surface area contributed by atoms with E-state index in [2.05, 4.69) is 10.6 Å². The highest BCUT2D eigenvalue weighted by atomic mass is 35.5. The summed E-state index contributed by atoms with van der Waals surface area (Å²) >= 11 is 0. The summed E-state index contributed by atoms with van der Waals surface area (Å²) < 4.78 is 11.0. The first-order chi connectivity index (χ1) is 17.1. The molecule has 214 valence electrons. The first-order valence-electron chi connectivity index (χ1n) is 12.3. The molecule has 0 saturated carbocycles. The van der Waals surface area contributed by atoms with Crippen molar-refractivity contribution in [1.82, 2.24) is 10.6 Å². The van der Waals surface area contributed by atoms with E-state index in [1.165, 1.54) is 37.6 Å². The van der Waals surface area contributed by atoms with Crippen molar-refractivity contribution >= 4 is 48.2 Å². The van der Waals surface area contributed by atoms with Crippen LogP contribution in [0.5, 0.6) is 17.2 Å². The lowest BCUT2D eigenvalue weighted by Crippen LogP contribution is -2.21. The Morgan fingerprint density at radius 3 is 2.00 bits per heavy atom. The molecule has 11 heteroatoms. The number of nitrogens with two attached hydrogens (primary N) is 1. The van der Waals surface area contributed by atoms with E-state index in [-0.39, 0.29) is 65.4 Å². The lowest BCUT2D eigenvalue weighted by Gasteiger charge is -2.10. The van der Waals surface area contributed by atoms with Gasteiger partial charge in [-0.1, -0.05) is 24.3 Å². The minimum absolute atomic E-state index is 0. The van der Waals surface area contributed by atoms with Gasteiger partial charge in [0.1, 0.15) is 0 Å². The van der Waals surface area contributed by atoms with Gasteiger partial charge in [0.25, 0.3) is 0 Å². The molecule has 8 nitrogen and oxygen atoms in total. The van der Waals surface area contributed by atoms with Crippen molar-refractivity contribution in [2.75, 3.05) is 39.8 Å². The minimum Gasteiger partial charge on any atom is -0.504 e. The van der Waals surface area contributed by atoms with Crippen LogP contribution in [0.2, 0.25) is 0 Å². The molecule has 0 fully saturated rings. The van der Waals surface area contributed by atoms with E-state index >= 15 is 0 Å². The maximum absolute atomic E-state index is 12.6. The molecule has 0 amide bonds. The zero-order chi connectivity index (χ0) is 25.0. The molecule has 3 rings (SSSR count). The molecule has 0 saturated heterocycles. The highest BCUT2D eigenvalue weighted by Crippen LogP contribution is 2.38. The van der Waals surface area contributed by atoms with Gasteiger partial charge in [-0.3, -0.25) is 4.79 Å². The zero-order valence-electron chi connectivity index (χ0n) is 21.7. The van der Waals surface area contributed by atoms with Crippen molar-refractivity contribution in [3.63, 3.8) is 0 Å². The van der Waals surface area contributed by atoms with Crippen molar-refractivity contribution in [1.29, 1.82) is 0 Å². The topological polar surface area (TPSA) is 130 Å². The third kappa shape index (κ3) is 9.84. The number of phenols is 1. The smallest absolute Gasteiger partial charge is 0.235 e. The van der Waals surface area contributed by atoms with Gasteiger partial charge in [0.2, 0.25) is 16.9 Å². The normalized spacial score (nSPS) is 10.4. The molecule has 0 aliphatic rings. The Morgan fingerprint density at radius 1 is 0.842 bits per heavy atom. The monoisotopic (exact) mass is 591 g/mol. The number of benzene rings is 2. The maximum Gasteiger partial charge on any atom is 0.235 e. The summed E-state index contributed by atoms with van der Waals surface area (Å²) in [6.07, 6.45) is 6.48. The van der Waals surface area contributed by atoms with Crippen molar-refractivity contribution in [3.05, 3.63) is 52.2 Å². The first kappa shape index (κ1) is 35.8. The van der Waals surface area contributed by atoms with Gasteiger partial charge in [-0.15, -0.1) is 37.2 Å². The standard InChI is InChI=1S/C27H37N3O5.3ClH/c1-34-27-22(31)13-12-21-23(32)24(33)25(35-26(21)27)20-10-8-19(9-11-20)7-2-3-15-29-16-4-5-17-30-18-6-14-28;;;/h8-13,29-31,33H,2-7,14-18,28H2,1H3;3*1H. The SMILES string of the molecule is COc1c(O)ccc2c(=O)c(O)c(-c3ccc(CCCCNCCCCNCCCN)cc3)oc12.Cl.Cl.Cl.